The van der Waals surface area contributed by atoms with Gasteiger partial charge in [0.15, 0.2) is 11.7 Å². The number of hydrogen-bond donors (Lipinski definition) is 2. The summed E-state index contributed by atoms with van der Waals surface area (Å²) in [6.45, 7) is 4.80. The number of hydrogen-bond acceptors (Lipinski definition) is 5. The van der Waals surface area contributed by atoms with Gasteiger partial charge < -0.3 is 19.4 Å². The molecule has 1 unspecified atom stereocenters. The molecular weight excluding hydrogens is 356 g/mol. The zero-order valence-corrected chi connectivity index (χ0v) is 16.1. The van der Waals surface area contributed by atoms with Crippen LogP contribution in [0.1, 0.15) is 23.1 Å². The quantitative estimate of drug-likeness (QED) is 0.534. The number of guanidine groups is 1. The molecule has 4 rings (SSSR count). The lowest BCUT2D eigenvalue weighted by Gasteiger charge is -2.35. The van der Waals surface area contributed by atoms with Gasteiger partial charge in [0, 0.05) is 13.6 Å². The third-order valence-electron chi connectivity index (χ3n) is 4.80. The average molecular weight is 380 g/mol. The zero-order valence-electron chi connectivity index (χ0n) is 16.1. The fourth-order valence-electron chi connectivity index (χ4n) is 3.36. The van der Waals surface area contributed by atoms with E-state index in [1.165, 1.54) is 11.1 Å². The number of H-pyrrole nitrogens is 1. The summed E-state index contributed by atoms with van der Waals surface area (Å²) in [5.41, 5.74) is 2.46. The molecule has 0 saturated carbocycles. The smallest absolute Gasteiger partial charge is 0.216 e. The molecule has 3 aromatic rings. The maximum Gasteiger partial charge on any atom is 0.216 e. The number of nitrogens with one attached hydrogen (secondary N) is 2. The number of aryl methyl sites for hydroxylation is 1. The molecule has 0 amide bonds. The molecule has 0 bridgehead atoms. The number of morpholine rings is 1. The molecule has 28 heavy (non-hydrogen) atoms. The van der Waals surface area contributed by atoms with Crippen molar-refractivity contribution in [3.8, 4) is 11.6 Å². The Labute approximate surface area is 163 Å². The van der Waals surface area contributed by atoms with Crippen molar-refractivity contribution >= 4 is 5.96 Å². The number of furan rings is 1. The largest absolute Gasteiger partial charge is 0.461 e. The molecule has 146 valence electrons. The molecule has 0 aliphatic carbocycles. The van der Waals surface area contributed by atoms with Crippen molar-refractivity contribution in [2.24, 2.45) is 4.99 Å². The average Bonchev–Trinajstić information content (AvgIpc) is 3.41. The van der Waals surface area contributed by atoms with Crippen LogP contribution in [-0.4, -0.2) is 52.8 Å². The standard InChI is InChI=1S/C20H24N6O2/c1-14-6-3-4-7-15(14)17-13-26(9-11-28-17)20(21-2)22-12-18-23-19(25-24-18)16-8-5-10-27-16/h3-8,10,17H,9,11-13H2,1-2H3,(H,21,22)(H,23,24,25). The molecule has 1 aromatic carbocycles. The fourth-order valence-corrected chi connectivity index (χ4v) is 3.36. The number of aromatic nitrogens is 3. The first kappa shape index (κ1) is 18.2. The first-order valence-corrected chi connectivity index (χ1v) is 9.32. The van der Waals surface area contributed by atoms with Crippen molar-refractivity contribution in [3.05, 3.63) is 59.6 Å². The van der Waals surface area contributed by atoms with E-state index >= 15 is 0 Å². The lowest BCUT2D eigenvalue weighted by molar-refractivity contribution is -0.00834. The Balaban J connectivity index is 1.39. The van der Waals surface area contributed by atoms with E-state index in [0.717, 1.165) is 24.9 Å². The van der Waals surface area contributed by atoms with E-state index in [9.17, 15) is 0 Å². The second kappa shape index (κ2) is 8.26. The Morgan fingerprint density at radius 2 is 2.21 bits per heavy atom. The summed E-state index contributed by atoms with van der Waals surface area (Å²) in [6, 6.07) is 12.0. The normalized spacial score (nSPS) is 17.7. The Morgan fingerprint density at radius 1 is 1.32 bits per heavy atom. The molecular formula is C20H24N6O2. The van der Waals surface area contributed by atoms with Crippen molar-refractivity contribution in [1.82, 2.24) is 25.4 Å². The number of benzene rings is 1. The van der Waals surface area contributed by atoms with Crippen LogP contribution in [0.25, 0.3) is 11.6 Å². The van der Waals surface area contributed by atoms with E-state index in [4.69, 9.17) is 9.15 Å². The van der Waals surface area contributed by atoms with E-state index in [2.05, 4.69) is 55.5 Å². The van der Waals surface area contributed by atoms with Crippen LogP contribution in [0.15, 0.2) is 52.1 Å². The van der Waals surface area contributed by atoms with Gasteiger partial charge in [0.25, 0.3) is 0 Å². The Hall–Kier alpha value is -3.13. The van der Waals surface area contributed by atoms with Crippen LogP contribution in [-0.2, 0) is 11.3 Å². The van der Waals surface area contributed by atoms with Gasteiger partial charge >= 0.3 is 0 Å². The van der Waals surface area contributed by atoms with Crippen molar-refractivity contribution in [2.75, 3.05) is 26.7 Å². The second-order valence-corrected chi connectivity index (χ2v) is 6.65. The van der Waals surface area contributed by atoms with E-state index < -0.39 is 0 Å². The highest BCUT2D eigenvalue weighted by Gasteiger charge is 2.25. The van der Waals surface area contributed by atoms with Crippen molar-refractivity contribution < 1.29 is 9.15 Å². The highest BCUT2D eigenvalue weighted by molar-refractivity contribution is 5.80. The third-order valence-corrected chi connectivity index (χ3v) is 4.80. The van der Waals surface area contributed by atoms with Gasteiger partial charge in [0.1, 0.15) is 11.9 Å². The minimum absolute atomic E-state index is 0.0318. The van der Waals surface area contributed by atoms with E-state index in [-0.39, 0.29) is 6.10 Å². The van der Waals surface area contributed by atoms with Gasteiger partial charge in [-0.1, -0.05) is 24.3 Å². The molecule has 0 radical (unpaired) electrons. The van der Waals surface area contributed by atoms with Gasteiger partial charge in [-0.05, 0) is 30.2 Å². The van der Waals surface area contributed by atoms with E-state index in [0.29, 0.717) is 24.7 Å². The minimum atomic E-state index is 0.0318. The molecule has 8 heteroatoms. The van der Waals surface area contributed by atoms with Crippen LogP contribution in [0.4, 0.5) is 0 Å². The molecule has 1 aliphatic heterocycles. The van der Waals surface area contributed by atoms with Crippen molar-refractivity contribution in [2.45, 2.75) is 19.6 Å². The summed E-state index contributed by atoms with van der Waals surface area (Å²) < 4.78 is 11.3. The Morgan fingerprint density at radius 3 is 3.00 bits per heavy atom. The first-order chi connectivity index (χ1) is 13.7. The number of aromatic amines is 1. The van der Waals surface area contributed by atoms with Crippen LogP contribution in [0, 0.1) is 6.92 Å². The van der Waals surface area contributed by atoms with Crippen LogP contribution in [0.5, 0.6) is 0 Å². The fraction of sp³-hybridized carbons (Fsp3) is 0.350. The lowest BCUT2D eigenvalue weighted by atomic mass is 10.0. The summed E-state index contributed by atoms with van der Waals surface area (Å²) >= 11 is 0. The van der Waals surface area contributed by atoms with Gasteiger partial charge in [-0.3, -0.25) is 10.1 Å². The Bertz CT molecular complexity index is 934. The first-order valence-electron chi connectivity index (χ1n) is 9.32. The summed E-state index contributed by atoms with van der Waals surface area (Å²) in [5, 5.41) is 10.5. The number of ether oxygens (including phenoxy) is 1. The van der Waals surface area contributed by atoms with Gasteiger partial charge in [0.2, 0.25) is 5.82 Å². The van der Waals surface area contributed by atoms with Crippen LogP contribution < -0.4 is 5.32 Å². The monoisotopic (exact) mass is 380 g/mol. The predicted molar refractivity (Wildman–Crippen MR) is 106 cm³/mol. The summed E-state index contributed by atoms with van der Waals surface area (Å²) in [5.74, 6) is 2.72. The highest BCUT2D eigenvalue weighted by atomic mass is 16.5. The van der Waals surface area contributed by atoms with E-state index in [1.807, 2.05) is 18.2 Å². The maximum absolute atomic E-state index is 6.01. The van der Waals surface area contributed by atoms with Crippen LogP contribution in [0.2, 0.25) is 0 Å². The van der Waals surface area contributed by atoms with Gasteiger partial charge in [0.05, 0.1) is 26.0 Å². The van der Waals surface area contributed by atoms with Crippen LogP contribution in [0.3, 0.4) is 0 Å². The van der Waals surface area contributed by atoms with Gasteiger partial charge in [-0.25, -0.2) is 4.98 Å². The minimum Gasteiger partial charge on any atom is -0.461 e. The van der Waals surface area contributed by atoms with Crippen LogP contribution >= 0.6 is 0 Å². The van der Waals surface area contributed by atoms with Gasteiger partial charge in [-0.2, -0.15) is 0 Å². The summed E-state index contributed by atoms with van der Waals surface area (Å²) in [4.78, 5) is 11.1. The molecule has 1 aliphatic rings. The zero-order chi connectivity index (χ0) is 19.3. The molecule has 1 fully saturated rings. The van der Waals surface area contributed by atoms with Crippen molar-refractivity contribution in [1.29, 1.82) is 0 Å². The molecule has 2 aromatic heterocycles. The molecule has 8 nitrogen and oxygen atoms in total. The maximum atomic E-state index is 6.01. The summed E-state index contributed by atoms with van der Waals surface area (Å²) in [6.07, 6.45) is 1.64. The number of aliphatic imine (C=N–C) groups is 1. The second-order valence-electron chi connectivity index (χ2n) is 6.65. The third kappa shape index (κ3) is 3.91. The summed E-state index contributed by atoms with van der Waals surface area (Å²) in [7, 11) is 1.79. The van der Waals surface area contributed by atoms with E-state index in [1.54, 1.807) is 13.3 Å². The highest BCUT2D eigenvalue weighted by Crippen LogP contribution is 2.25. The topological polar surface area (TPSA) is 91.6 Å². The molecule has 2 N–H and O–H groups in total. The van der Waals surface area contributed by atoms with Crippen molar-refractivity contribution in [3.63, 3.8) is 0 Å². The molecule has 3 heterocycles. The number of rotatable bonds is 4. The Kier molecular flexibility index (Phi) is 5.38. The SMILES string of the molecule is CN=C(NCc1nc(-c2ccco2)n[nH]1)N1CCOC(c2ccccc2C)C1. The number of nitrogens with zero attached hydrogens (tertiary/aromatic N) is 4. The molecule has 1 atom stereocenters. The van der Waals surface area contributed by atoms with Gasteiger partial charge in [-0.15, -0.1) is 5.10 Å². The molecule has 0 spiro atoms. The molecule has 1 saturated heterocycles. The predicted octanol–water partition coefficient (Wildman–Crippen LogP) is 2.52. The lowest BCUT2D eigenvalue weighted by Crippen LogP contribution is -2.48.